The summed E-state index contributed by atoms with van der Waals surface area (Å²) in [6, 6.07) is 14.3. The predicted octanol–water partition coefficient (Wildman–Crippen LogP) is 3.01. The van der Waals surface area contributed by atoms with Gasteiger partial charge in [0, 0.05) is 25.3 Å². The van der Waals surface area contributed by atoms with E-state index in [1.54, 1.807) is 0 Å². The molecule has 0 spiro atoms. The van der Waals surface area contributed by atoms with E-state index < -0.39 is 0 Å². The molecular weight excluding hydrogens is 260 g/mol. The largest absolute Gasteiger partial charge is 0.492 e. The lowest BCUT2D eigenvalue weighted by molar-refractivity contribution is 0.196. The average Bonchev–Trinajstić information content (AvgIpc) is 2.52. The topological polar surface area (TPSA) is 38.5 Å². The molecule has 1 heterocycles. The SMILES string of the molecule is Cc1ccc2c(c1N)CCN(CCOc1ccccc1)C2. The first-order valence-corrected chi connectivity index (χ1v) is 7.51. The molecule has 2 N–H and O–H groups in total. The van der Waals surface area contributed by atoms with Crippen LogP contribution in [0.4, 0.5) is 5.69 Å². The van der Waals surface area contributed by atoms with Crippen LogP contribution in [-0.2, 0) is 13.0 Å². The molecule has 0 amide bonds. The lowest BCUT2D eigenvalue weighted by atomic mass is 9.95. The van der Waals surface area contributed by atoms with Crippen molar-refractivity contribution < 1.29 is 4.74 Å². The molecule has 1 aliphatic heterocycles. The fourth-order valence-electron chi connectivity index (χ4n) is 2.86. The molecule has 0 unspecified atom stereocenters. The van der Waals surface area contributed by atoms with Crippen molar-refractivity contribution in [3.63, 3.8) is 0 Å². The number of nitrogen functional groups attached to an aromatic ring is 1. The summed E-state index contributed by atoms with van der Waals surface area (Å²) in [5.41, 5.74) is 11.1. The first-order chi connectivity index (χ1) is 10.2. The van der Waals surface area contributed by atoms with Crippen LogP contribution in [0.15, 0.2) is 42.5 Å². The van der Waals surface area contributed by atoms with Crippen molar-refractivity contribution in [1.29, 1.82) is 0 Å². The molecule has 2 aromatic rings. The van der Waals surface area contributed by atoms with Crippen LogP contribution in [-0.4, -0.2) is 24.6 Å². The number of fused-ring (bicyclic) bond motifs is 1. The number of ether oxygens (including phenoxy) is 1. The molecule has 110 valence electrons. The maximum Gasteiger partial charge on any atom is 0.119 e. The first-order valence-electron chi connectivity index (χ1n) is 7.51. The molecule has 0 fully saturated rings. The third kappa shape index (κ3) is 3.19. The summed E-state index contributed by atoms with van der Waals surface area (Å²) in [5.74, 6) is 0.940. The van der Waals surface area contributed by atoms with Gasteiger partial charge < -0.3 is 10.5 Å². The minimum absolute atomic E-state index is 0.723. The van der Waals surface area contributed by atoms with Crippen LogP contribution in [0, 0.1) is 6.92 Å². The van der Waals surface area contributed by atoms with Crippen molar-refractivity contribution in [1.82, 2.24) is 4.90 Å². The highest BCUT2D eigenvalue weighted by Gasteiger charge is 2.18. The summed E-state index contributed by atoms with van der Waals surface area (Å²) in [6.07, 6.45) is 1.04. The van der Waals surface area contributed by atoms with Crippen LogP contribution in [0.5, 0.6) is 5.75 Å². The van der Waals surface area contributed by atoms with E-state index in [0.29, 0.717) is 0 Å². The average molecular weight is 282 g/mol. The smallest absolute Gasteiger partial charge is 0.119 e. The zero-order valence-electron chi connectivity index (χ0n) is 12.5. The van der Waals surface area contributed by atoms with Gasteiger partial charge in [0.15, 0.2) is 0 Å². The molecule has 0 saturated carbocycles. The van der Waals surface area contributed by atoms with E-state index in [-0.39, 0.29) is 0 Å². The molecule has 0 saturated heterocycles. The van der Waals surface area contributed by atoms with E-state index in [1.807, 2.05) is 30.3 Å². The van der Waals surface area contributed by atoms with E-state index in [0.717, 1.165) is 44.1 Å². The fraction of sp³-hybridized carbons (Fsp3) is 0.333. The van der Waals surface area contributed by atoms with Crippen molar-refractivity contribution in [2.75, 3.05) is 25.4 Å². The molecule has 0 aliphatic carbocycles. The van der Waals surface area contributed by atoms with Gasteiger partial charge in [0.1, 0.15) is 12.4 Å². The Morgan fingerprint density at radius 3 is 2.76 bits per heavy atom. The van der Waals surface area contributed by atoms with Gasteiger partial charge in [-0.05, 0) is 42.2 Å². The zero-order valence-corrected chi connectivity index (χ0v) is 12.5. The second-order valence-corrected chi connectivity index (χ2v) is 5.62. The quantitative estimate of drug-likeness (QED) is 0.876. The van der Waals surface area contributed by atoms with Gasteiger partial charge in [0.05, 0.1) is 0 Å². The van der Waals surface area contributed by atoms with Gasteiger partial charge in [0.2, 0.25) is 0 Å². The van der Waals surface area contributed by atoms with Gasteiger partial charge in [0.25, 0.3) is 0 Å². The van der Waals surface area contributed by atoms with Crippen LogP contribution >= 0.6 is 0 Å². The van der Waals surface area contributed by atoms with E-state index in [9.17, 15) is 0 Å². The van der Waals surface area contributed by atoms with Crippen LogP contribution in [0.25, 0.3) is 0 Å². The van der Waals surface area contributed by atoms with E-state index in [4.69, 9.17) is 10.5 Å². The second kappa shape index (κ2) is 6.19. The van der Waals surface area contributed by atoms with Crippen LogP contribution in [0.3, 0.4) is 0 Å². The normalized spacial score (nSPS) is 14.7. The molecule has 3 nitrogen and oxygen atoms in total. The Bertz CT molecular complexity index is 610. The summed E-state index contributed by atoms with van der Waals surface area (Å²) >= 11 is 0. The molecule has 0 bridgehead atoms. The van der Waals surface area contributed by atoms with Gasteiger partial charge in [-0.3, -0.25) is 4.90 Å². The van der Waals surface area contributed by atoms with Gasteiger partial charge in [-0.25, -0.2) is 0 Å². The third-order valence-corrected chi connectivity index (χ3v) is 4.16. The van der Waals surface area contributed by atoms with Gasteiger partial charge in [-0.15, -0.1) is 0 Å². The minimum Gasteiger partial charge on any atom is -0.492 e. The summed E-state index contributed by atoms with van der Waals surface area (Å²) in [7, 11) is 0. The number of aryl methyl sites for hydroxylation is 1. The highest BCUT2D eigenvalue weighted by Crippen LogP contribution is 2.26. The molecule has 2 aromatic carbocycles. The highest BCUT2D eigenvalue weighted by molar-refractivity contribution is 5.57. The molecule has 0 atom stereocenters. The second-order valence-electron chi connectivity index (χ2n) is 5.62. The lowest BCUT2D eigenvalue weighted by Crippen LogP contribution is -2.34. The minimum atomic E-state index is 0.723. The molecule has 1 aliphatic rings. The Morgan fingerprint density at radius 2 is 1.95 bits per heavy atom. The maximum atomic E-state index is 6.18. The van der Waals surface area contributed by atoms with Crippen molar-refractivity contribution in [2.24, 2.45) is 0 Å². The third-order valence-electron chi connectivity index (χ3n) is 4.16. The number of hydrogen-bond acceptors (Lipinski definition) is 3. The molecule has 0 radical (unpaired) electrons. The summed E-state index contributed by atoms with van der Waals surface area (Å²) < 4.78 is 5.77. The summed E-state index contributed by atoms with van der Waals surface area (Å²) in [6.45, 7) is 5.77. The Balaban J connectivity index is 1.56. The molecule has 3 rings (SSSR count). The number of benzene rings is 2. The van der Waals surface area contributed by atoms with Gasteiger partial charge in [-0.2, -0.15) is 0 Å². The van der Waals surface area contributed by atoms with Crippen molar-refractivity contribution in [2.45, 2.75) is 19.9 Å². The predicted molar refractivity (Wildman–Crippen MR) is 86.5 cm³/mol. The number of hydrogen-bond donors (Lipinski definition) is 1. The van der Waals surface area contributed by atoms with E-state index >= 15 is 0 Å². The van der Waals surface area contributed by atoms with Crippen LogP contribution < -0.4 is 10.5 Å². The lowest BCUT2D eigenvalue weighted by Gasteiger charge is -2.29. The highest BCUT2D eigenvalue weighted by atomic mass is 16.5. The maximum absolute atomic E-state index is 6.18. The molecule has 3 heteroatoms. The zero-order chi connectivity index (χ0) is 14.7. The molecule has 0 aromatic heterocycles. The van der Waals surface area contributed by atoms with E-state index in [1.165, 1.54) is 16.7 Å². The van der Waals surface area contributed by atoms with Crippen LogP contribution in [0.2, 0.25) is 0 Å². The standard InChI is InChI=1S/C18H22N2O/c1-14-7-8-15-13-20(10-9-17(15)18(14)19)11-12-21-16-5-3-2-4-6-16/h2-8H,9-13,19H2,1H3. The van der Waals surface area contributed by atoms with Crippen molar-refractivity contribution in [3.05, 3.63) is 59.2 Å². The number of para-hydroxylation sites is 1. The number of nitrogens with two attached hydrogens (primary N) is 1. The molecular formula is C18H22N2O. The monoisotopic (exact) mass is 282 g/mol. The fourth-order valence-corrected chi connectivity index (χ4v) is 2.86. The number of nitrogens with zero attached hydrogens (tertiary/aromatic N) is 1. The summed E-state index contributed by atoms with van der Waals surface area (Å²) in [4.78, 5) is 2.43. The van der Waals surface area contributed by atoms with Gasteiger partial charge in [-0.1, -0.05) is 30.3 Å². The van der Waals surface area contributed by atoms with Crippen molar-refractivity contribution in [3.8, 4) is 5.75 Å². The van der Waals surface area contributed by atoms with E-state index in [2.05, 4.69) is 24.0 Å². The summed E-state index contributed by atoms with van der Waals surface area (Å²) in [5, 5.41) is 0. The van der Waals surface area contributed by atoms with Gasteiger partial charge >= 0.3 is 0 Å². The Kier molecular flexibility index (Phi) is 4.11. The Labute approximate surface area is 126 Å². The Morgan fingerprint density at radius 1 is 1.14 bits per heavy atom. The Hall–Kier alpha value is -2.00. The number of anilines is 1. The first kappa shape index (κ1) is 14.0. The number of rotatable bonds is 4. The molecule has 21 heavy (non-hydrogen) atoms. The van der Waals surface area contributed by atoms with Crippen molar-refractivity contribution >= 4 is 5.69 Å². The van der Waals surface area contributed by atoms with Crippen LogP contribution in [0.1, 0.15) is 16.7 Å².